The van der Waals surface area contributed by atoms with Gasteiger partial charge in [0.25, 0.3) is 0 Å². The number of carbonyl (C=O) groups excluding carboxylic acids is 1. The van der Waals surface area contributed by atoms with Gasteiger partial charge in [0, 0.05) is 13.6 Å². The van der Waals surface area contributed by atoms with Crippen LogP contribution in [-0.2, 0) is 4.79 Å². The molecule has 14 heavy (non-hydrogen) atoms. The predicted molar refractivity (Wildman–Crippen MR) is 45.7 cm³/mol. The van der Waals surface area contributed by atoms with Crippen molar-refractivity contribution in [1.82, 2.24) is 4.90 Å². The maximum atomic E-state index is 11.9. The molecule has 0 bridgehead atoms. The second kappa shape index (κ2) is 4.19. The van der Waals surface area contributed by atoms with Crippen molar-refractivity contribution < 1.29 is 18.0 Å². The molecule has 0 radical (unpaired) electrons. The number of hydrogen-bond acceptors (Lipinski definition) is 1. The molecule has 2 nitrogen and oxygen atoms in total. The Hall–Kier alpha value is -0.740. The van der Waals surface area contributed by atoms with Crippen molar-refractivity contribution in [3.63, 3.8) is 0 Å². The summed E-state index contributed by atoms with van der Waals surface area (Å²) in [4.78, 5) is 11.4. The van der Waals surface area contributed by atoms with Crippen molar-refractivity contribution in [2.75, 3.05) is 13.6 Å². The Morgan fingerprint density at radius 3 is 2.43 bits per heavy atom. The monoisotopic (exact) mass is 209 g/mol. The Morgan fingerprint density at radius 1 is 1.43 bits per heavy atom. The van der Waals surface area contributed by atoms with Crippen molar-refractivity contribution in [1.29, 1.82) is 0 Å². The topological polar surface area (TPSA) is 20.3 Å². The van der Waals surface area contributed by atoms with Crippen LogP contribution in [-0.4, -0.2) is 30.6 Å². The van der Waals surface area contributed by atoms with Gasteiger partial charge in [-0.05, 0) is 18.8 Å². The number of rotatable bonds is 4. The lowest BCUT2D eigenvalue weighted by atomic mass is 10.2. The molecule has 1 aliphatic carbocycles. The van der Waals surface area contributed by atoms with Gasteiger partial charge in [-0.2, -0.15) is 13.2 Å². The van der Waals surface area contributed by atoms with Gasteiger partial charge in [-0.3, -0.25) is 4.79 Å². The van der Waals surface area contributed by atoms with Crippen molar-refractivity contribution in [3.05, 3.63) is 0 Å². The number of nitrogens with zero attached hydrogens (tertiary/aromatic N) is 1. The zero-order chi connectivity index (χ0) is 10.8. The zero-order valence-corrected chi connectivity index (χ0v) is 8.10. The van der Waals surface area contributed by atoms with Gasteiger partial charge in [0.1, 0.15) is 0 Å². The minimum atomic E-state index is -4.73. The van der Waals surface area contributed by atoms with Crippen molar-refractivity contribution >= 4 is 5.91 Å². The van der Waals surface area contributed by atoms with E-state index in [1.165, 1.54) is 19.9 Å². The van der Waals surface area contributed by atoms with Crippen LogP contribution in [0.25, 0.3) is 0 Å². The quantitative estimate of drug-likeness (QED) is 0.695. The Balaban J connectivity index is 2.18. The third-order valence-corrected chi connectivity index (χ3v) is 2.39. The second-order valence-corrected chi connectivity index (χ2v) is 3.81. The highest BCUT2D eigenvalue weighted by molar-refractivity contribution is 5.81. The molecule has 1 amide bonds. The minimum absolute atomic E-state index is 0.203. The molecule has 5 heteroatoms. The molecule has 0 aromatic heterocycles. The molecule has 0 aliphatic heterocycles. The molecule has 1 aliphatic rings. The van der Waals surface area contributed by atoms with E-state index in [0.717, 1.165) is 11.3 Å². The van der Waals surface area contributed by atoms with Gasteiger partial charge in [0.2, 0.25) is 0 Å². The number of alkyl halides is 3. The van der Waals surface area contributed by atoms with Crippen LogP contribution in [0, 0.1) is 5.92 Å². The Morgan fingerprint density at radius 2 is 2.00 bits per heavy atom. The van der Waals surface area contributed by atoms with E-state index < -0.39 is 12.1 Å². The Bertz CT molecular complexity index is 211. The van der Waals surface area contributed by atoms with Crippen LogP contribution < -0.4 is 0 Å². The lowest BCUT2D eigenvalue weighted by Crippen LogP contribution is -2.38. The summed E-state index contributed by atoms with van der Waals surface area (Å²) in [6.45, 7) is 0.203. The van der Waals surface area contributed by atoms with E-state index in [4.69, 9.17) is 0 Å². The third kappa shape index (κ3) is 3.55. The number of amides is 1. The molecule has 0 N–H and O–H groups in total. The standard InChI is InChI=1S/C9H14F3NO/c1-13(8(14)9(10,11)12)6-2-3-7-4-5-7/h7H,2-6H2,1H3. The highest BCUT2D eigenvalue weighted by Crippen LogP contribution is 2.33. The van der Waals surface area contributed by atoms with Gasteiger partial charge < -0.3 is 4.90 Å². The summed E-state index contributed by atoms with van der Waals surface area (Å²) in [5.74, 6) is -1.04. The normalized spacial score (nSPS) is 16.9. The summed E-state index contributed by atoms with van der Waals surface area (Å²) in [6, 6.07) is 0. The molecule has 1 fully saturated rings. The van der Waals surface area contributed by atoms with Crippen LogP contribution in [0.5, 0.6) is 0 Å². The summed E-state index contributed by atoms with van der Waals surface area (Å²) in [6.07, 6.45) is -0.735. The van der Waals surface area contributed by atoms with Crippen molar-refractivity contribution in [2.45, 2.75) is 31.9 Å². The number of carbonyl (C=O) groups is 1. The average molecular weight is 209 g/mol. The summed E-state index contributed by atoms with van der Waals surface area (Å²) in [5, 5.41) is 0. The lowest BCUT2D eigenvalue weighted by molar-refractivity contribution is -0.184. The summed E-state index contributed by atoms with van der Waals surface area (Å²) in [5.41, 5.74) is 0. The molecule has 0 saturated heterocycles. The smallest absolute Gasteiger partial charge is 0.338 e. The fraction of sp³-hybridized carbons (Fsp3) is 0.889. The van der Waals surface area contributed by atoms with Crippen molar-refractivity contribution in [3.8, 4) is 0 Å². The minimum Gasteiger partial charge on any atom is -0.338 e. The first kappa shape index (κ1) is 11.3. The van der Waals surface area contributed by atoms with E-state index in [-0.39, 0.29) is 6.54 Å². The first-order valence-corrected chi connectivity index (χ1v) is 4.73. The van der Waals surface area contributed by atoms with E-state index in [2.05, 4.69) is 0 Å². The SMILES string of the molecule is CN(CCCC1CC1)C(=O)C(F)(F)F. The first-order valence-electron chi connectivity index (χ1n) is 4.73. The van der Waals surface area contributed by atoms with Crippen LogP contribution in [0.15, 0.2) is 0 Å². The van der Waals surface area contributed by atoms with Gasteiger partial charge in [-0.15, -0.1) is 0 Å². The molecule has 0 aromatic rings. The molecule has 0 heterocycles. The summed E-state index contributed by atoms with van der Waals surface area (Å²) in [7, 11) is 1.20. The number of hydrogen-bond donors (Lipinski definition) is 0. The zero-order valence-electron chi connectivity index (χ0n) is 8.10. The fourth-order valence-corrected chi connectivity index (χ4v) is 1.34. The van der Waals surface area contributed by atoms with Crippen LogP contribution in [0.3, 0.4) is 0 Å². The van der Waals surface area contributed by atoms with E-state index in [1.54, 1.807) is 0 Å². The number of halogens is 3. The summed E-state index contributed by atoms with van der Waals surface area (Å²) < 4.78 is 35.7. The molecular formula is C9H14F3NO. The lowest BCUT2D eigenvalue weighted by Gasteiger charge is -2.18. The second-order valence-electron chi connectivity index (χ2n) is 3.81. The van der Waals surface area contributed by atoms with E-state index in [9.17, 15) is 18.0 Å². The fourth-order valence-electron chi connectivity index (χ4n) is 1.34. The van der Waals surface area contributed by atoms with E-state index >= 15 is 0 Å². The molecule has 0 spiro atoms. The van der Waals surface area contributed by atoms with Gasteiger partial charge in [0.15, 0.2) is 0 Å². The van der Waals surface area contributed by atoms with Gasteiger partial charge in [-0.1, -0.05) is 12.8 Å². The first-order chi connectivity index (χ1) is 6.41. The third-order valence-electron chi connectivity index (χ3n) is 2.39. The highest BCUT2D eigenvalue weighted by atomic mass is 19.4. The van der Waals surface area contributed by atoms with Crippen LogP contribution in [0.4, 0.5) is 13.2 Å². The van der Waals surface area contributed by atoms with Gasteiger partial charge in [-0.25, -0.2) is 0 Å². The molecule has 0 aromatic carbocycles. The van der Waals surface area contributed by atoms with Crippen LogP contribution in [0.1, 0.15) is 25.7 Å². The predicted octanol–water partition coefficient (Wildman–Crippen LogP) is 2.20. The maximum absolute atomic E-state index is 11.9. The van der Waals surface area contributed by atoms with Crippen LogP contribution >= 0.6 is 0 Å². The largest absolute Gasteiger partial charge is 0.471 e. The van der Waals surface area contributed by atoms with E-state index in [1.807, 2.05) is 0 Å². The maximum Gasteiger partial charge on any atom is 0.471 e. The Labute approximate surface area is 81.1 Å². The van der Waals surface area contributed by atoms with Crippen molar-refractivity contribution in [2.24, 2.45) is 5.92 Å². The highest BCUT2D eigenvalue weighted by Gasteiger charge is 2.40. The average Bonchev–Trinajstić information content (AvgIpc) is 2.85. The molecule has 0 atom stereocenters. The molecule has 1 saturated carbocycles. The van der Waals surface area contributed by atoms with E-state index in [0.29, 0.717) is 12.3 Å². The molecule has 1 rings (SSSR count). The van der Waals surface area contributed by atoms with Gasteiger partial charge in [0.05, 0.1) is 0 Å². The molecular weight excluding hydrogens is 195 g/mol. The van der Waals surface area contributed by atoms with Crippen LogP contribution in [0.2, 0.25) is 0 Å². The molecule has 0 unspecified atom stereocenters. The van der Waals surface area contributed by atoms with Gasteiger partial charge >= 0.3 is 12.1 Å². The molecule has 82 valence electrons. The summed E-state index contributed by atoms with van der Waals surface area (Å²) >= 11 is 0. The Kier molecular flexibility index (Phi) is 3.39.